The van der Waals surface area contributed by atoms with E-state index in [1.807, 2.05) is 0 Å². The van der Waals surface area contributed by atoms with Crippen LogP contribution in [-0.2, 0) is 11.3 Å². The molecule has 0 bridgehead atoms. The van der Waals surface area contributed by atoms with Gasteiger partial charge in [0.05, 0.1) is 0 Å². The Labute approximate surface area is 80.1 Å². The standard InChI is InChI=1S/C8H12N2O4/c11-7(12)4-2-1-3-5-10-6-8(13)14-9-10/h6H,1-5H2,(H-,9,11,12,13)/p+1. The van der Waals surface area contributed by atoms with Crippen LogP contribution in [0.2, 0.25) is 0 Å². The smallest absolute Gasteiger partial charge is 0.426 e. The maximum Gasteiger partial charge on any atom is 0.426 e. The van der Waals surface area contributed by atoms with E-state index >= 15 is 0 Å². The highest BCUT2D eigenvalue weighted by Crippen LogP contribution is 1.98. The molecule has 0 saturated heterocycles. The van der Waals surface area contributed by atoms with Gasteiger partial charge in [-0.1, -0.05) is 4.68 Å². The van der Waals surface area contributed by atoms with Crippen molar-refractivity contribution in [2.75, 3.05) is 0 Å². The molecule has 1 rings (SSSR count). The summed E-state index contributed by atoms with van der Waals surface area (Å²) >= 11 is 0. The van der Waals surface area contributed by atoms with Gasteiger partial charge in [-0.3, -0.25) is 9.32 Å². The van der Waals surface area contributed by atoms with Crippen molar-refractivity contribution >= 4 is 5.97 Å². The van der Waals surface area contributed by atoms with Crippen molar-refractivity contribution in [1.82, 2.24) is 5.27 Å². The van der Waals surface area contributed by atoms with E-state index < -0.39 is 11.6 Å². The van der Waals surface area contributed by atoms with Crippen LogP contribution in [0.15, 0.2) is 15.5 Å². The van der Waals surface area contributed by atoms with Crippen molar-refractivity contribution < 1.29 is 19.1 Å². The van der Waals surface area contributed by atoms with Crippen molar-refractivity contribution in [1.29, 1.82) is 0 Å². The van der Waals surface area contributed by atoms with Gasteiger partial charge in [0.1, 0.15) is 0 Å². The number of unbranched alkanes of at least 4 members (excludes halogenated alkanes) is 2. The number of aliphatic carboxylic acids is 1. The van der Waals surface area contributed by atoms with Crippen molar-refractivity contribution in [3.05, 3.63) is 16.6 Å². The van der Waals surface area contributed by atoms with Gasteiger partial charge in [-0.05, 0) is 18.1 Å². The first-order valence-electron chi connectivity index (χ1n) is 4.48. The highest BCUT2D eigenvalue weighted by molar-refractivity contribution is 5.66. The highest BCUT2D eigenvalue weighted by Gasteiger charge is 2.04. The molecule has 1 aromatic rings. The lowest BCUT2D eigenvalue weighted by Gasteiger charge is -1.93. The molecule has 6 heteroatoms. The minimum absolute atomic E-state index is 0.201. The summed E-state index contributed by atoms with van der Waals surface area (Å²) in [4.78, 5) is 20.7. The predicted octanol–water partition coefficient (Wildman–Crippen LogP) is -0.0996. The van der Waals surface area contributed by atoms with Gasteiger partial charge in [0, 0.05) is 12.8 Å². The van der Waals surface area contributed by atoms with Gasteiger partial charge in [0.2, 0.25) is 0 Å². The highest BCUT2D eigenvalue weighted by atomic mass is 16.5. The molecular weight excluding hydrogens is 188 g/mol. The Bertz CT molecular complexity index is 341. The fourth-order valence-electron chi connectivity index (χ4n) is 1.13. The Morgan fingerprint density at radius 2 is 2.29 bits per heavy atom. The Kier molecular flexibility index (Phi) is 3.90. The number of hydrogen-bond donors (Lipinski definition) is 2. The third-order valence-corrected chi connectivity index (χ3v) is 1.81. The molecule has 6 nitrogen and oxygen atoms in total. The summed E-state index contributed by atoms with van der Waals surface area (Å²) < 4.78 is 5.99. The van der Waals surface area contributed by atoms with Crippen LogP contribution >= 0.6 is 0 Å². The number of carboxylic acids is 1. The van der Waals surface area contributed by atoms with Crippen LogP contribution in [0, 0.1) is 0 Å². The van der Waals surface area contributed by atoms with Gasteiger partial charge in [0.15, 0.2) is 6.54 Å². The fourth-order valence-corrected chi connectivity index (χ4v) is 1.13. The van der Waals surface area contributed by atoms with Crippen LogP contribution < -0.4 is 10.3 Å². The predicted molar refractivity (Wildman–Crippen MR) is 45.6 cm³/mol. The first-order valence-corrected chi connectivity index (χ1v) is 4.48. The molecule has 0 amide bonds. The lowest BCUT2D eigenvalue weighted by molar-refractivity contribution is -0.762. The zero-order valence-corrected chi connectivity index (χ0v) is 7.73. The van der Waals surface area contributed by atoms with E-state index in [1.165, 1.54) is 6.20 Å². The quantitative estimate of drug-likeness (QED) is 0.497. The normalized spacial score (nSPS) is 10.3. The van der Waals surface area contributed by atoms with E-state index in [0.717, 1.165) is 12.8 Å². The lowest BCUT2D eigenvalue weighted by Crippen LogP contribution is -2.35. The minimum Gasteiger partial charge on any atom is -0.481 e. The van der Waals surface area contributed by atoms with Crippen LogP contribution in [0.3, 0.4) is 0 Å². The zero-order valence-electron chi connectivity index (χ0n) is 7.73. The molecule has 0 atom stereocenters. The first kappa shape index (κ1) is 10.5. The van der Waals surface area contributed by atoms with Gasteiger partial charge >= 0.3 is 11.6 Å². The summed E-state index contributed by atoms with van der Waals surface area (Å²) in [7, 11) is 0. The summed E-state index contributed by atoms with van der Waals surface area (Å²) in [5, 5.41) is 10.8. The largest absolute Gasteiger partial charge is 0.481 e. The van der Waals surface area contributed by atoms with Crippen molar-refractivity contribution in [2.45, 2.75) is 32.2 Å². The van der Waals surface area contributed by atoms with Gasteiger partial charge in [-0.25, -0.2) is 4.79 Å². The Morgan fingerprint density at radius 3 is 2.86 bits per heavy atom. The number of hydrogen-bond acceptors (Lipinski definition) is 3. The number of carboxylic acid groups (broad SMARTS) is 1. The SMILES string of the molecule is O=C(O)CCCCC[n+]1cc(=O)o[nH]1. The molecule has 0 saturated carbocycles. The second-order valence-corrected chi connectivity index (χ2v) is 3.04. The van der Waals surface area contributed by atoms with Gasteiger partial charge in [-0.15, -0.1) is 0 Å². The molecule has 0 aliphatic carbocycles. The number of rotatable bonds is 6. The molecule has 1 aromatic heterocycles. The molecule has 1 heterocycles. The number of nitrogens with zero attached hydrogens (tertiary/aromatic N) is 1. The minimum atomic E-state index is -0.769. The van der Waals surface area contributed by atoms with E-state index in [9.17, 15) is 9.59 Å². The summed E-state index contributed by atoms with van der Waals surface area (Å²) in [5.41, 5.74) is -0.407. The number of aryl methyl sites for hydroxylation is 1. The molecule has 0 aliphatic heterocycles. The zero-order chi connectivity index (χ0) is 10.4. The van der Waals surface area contributed by atoms with E-state index in [-0.39, 0.29) is 6.42 Å². The van der Waals surface area contributed by atoms with E-state index in [4.69, 9.17) is 5.11 Å². The number of aromatic nitrogens is 2. The molecule has 14 heavy (non-hydrogen) atoms. The van der Waals surface area contributed by atoms with Crippen LogP contribution in [0.5, 0.6) is 0 Å². The van der Waals surface area contributed by atoms with Gasteiger partial charge in [-0.2, -0.15) is 0 Å². The molecule has 78 valence electrons. The molecular formula is C8H13N2O4+. The Hall–Kier alpha value is -1.59. The fraction of sp³-hybridized carbons (Fsp3) is 0.625. The molecule has 0 fully saturated rings. The van der Waals surface area contributed by atoms with Crippen molar-refractivity contribution in [3.63, 3.8) is 0 Å². The monoisotopic (exact) mass is 201 g/mol. The summed E-state index contributed by atoms with van der Waals surface area (Å²) in [6.45, 7) is 0.644. The van der Waals surface area contributed by atoms with E-state index in [2.05, 4.69) is 9.79 Å². The van der Waals surface area contributed by atoms with Gasteiger partial charge in [0.25, 0.3) is 6.20 Å². The summed E-state index contributed by atoms with van der Waals surface area (Å²) in [5.74, 6) is -0.769. The van der Waals surface area contributed by atoms with Crippen LogP contribution in [0.25, 0.3) is 0 Å². The van der Waals surface area contributed by atoms with Crippen LogP contribution in [0.4, 0.5) is 0 Å². The Morgan fingerprint density at radius 1 is 1.50 bits per heavy atom. The number of carbonyl (C=O) groups is 1. The Balaban J connectivity index is 2.10. The maximum atomic E-state index is 10.6. The summed E-state index contributed by atoms with van der Waals surface area (Å²) in [6, 6.07) is 0. The molecule has 0 radical (unpaired) electrons. The number of aromatic amines is 1. The third-order valence-electron chi connectivity index (χ3n) is 1.81. The molecule has 2 N–H and O–H groups in total. The van der Waals surface area contributed by atoms with E-state index in [0.29, 0.717) is 13.0 Å². The second kappa shape index (κ2) is 5.21. The summed E-state index contributed by atoms with van der Waals surface area (Å²) in [6.07, 6.45) is 3.85. The van der Waals surface area contributed by atoms with Crippen LogP contribution in [0.1, 0.15) is 25.7 Å². The molecule has 0 aliphatic rings. The first-order chi connectivity index (χ1) is 6.68. The maximum absolute atomic E-state index is 10.6. The average molecular weight is 201 g/mol. The molecule has 0 spiro atoms. The lowest BCUT2D eigenvalue weighted by atomic mass is 10.2. The van der Waals surface area contributed by atoms with Gasteiger partial charge < -0.3 is 5.11 Å². The topological polar surface area (TPSA) is 87.2 Å². The molecule has 0 unspecified atom stereocenters. The number of H-pyrrole nitrogens is 1. The average Bonchev–Trinajstić information content (AvgIpc) is 2.50. The van der Waals surface area contributed by atoms with Crippen molar-refractivity contribution in [3.8, 4) is 0 Å². The number of nitrogens with one attached hydrogen (secondary N) is 1. The van der Waals surface area contributed by atoms with Crippen molar-refractivity contribution in [2.24, 2.45) is 0 Å². The van der Waals surface area contributed by atoms with Crippen LogP contribution in [-0.4, -0.2) is 16.3 Å². The molecule has 0 aromatic carbocycles. The second-order valence-electron chi connectivity index (χ2n) is 3.04. The third kappa shape index (κ3) is 3.88. The van der Waals surface area contributed by atoms with E-state index in [1.54, 1.807) is 4.68 Å².